The summed E-state index contributed by atoms with van der Waals surface area (Å²) in [7, 11) is 0. The quantitative estimate of drug-likeness (QED) is 0.661. The van der Waals surface area contributed by atoms with Crippen molar-refractivity contribution in [3.63, 3.8) is 0 Å². The summed E-state index contributed by atoms with van der Waals surface area (Å²) in [6.07, 6.45) is 0.283. The van der Waals surface area contributed by atoms with Crippen LogP contribution in [0.5, 0.6) is 0 Å². The molecule has 0 saturated heterocycles. The van der Waals surface area contributed by atoms with Crippen LogP contribution in [0.3, 0.4) is 0 Å². The van der Waals surface area contributed by atoms with Crippen molar-refractivity contribution < 1.29 is 24.2 Å². The number of hydrogen-bond donors (Lipinski definition) is 3. The first kappa shape index (κ1) is 19.0. The number of carboxylic acid groups (broad SMARTS) is 1. The topological polar surface area (TPSA) is 105 Å². The van der Waals surface area contributed by atoms with Crippen LogP contribution in [0, 0.1) is 6.92 Å². The zero-order valence-electron chi connectivity index (χ0n) is 13.7. The van der Waals surface area contributed by atoms with Gasteiger partial charge in [0, 0.05) is 12.0 Å². The van der Waals surface area contributed by atoms with E-state index in [9.17, 15) is 14.4 Å². The van der Waals surface area contributed by atoms with Crippen LogP contribution in [0.1, 0.15) is 48.8 Å². The lowest BCUT2D eigenvalue weighted by molar-refractivity contribution is -0.137. The zero-order chi connectivity index (χ0) is 17.6. The highest BCUT2D eigenvalue weighted by atomic mass is 32.1. The Hall–Kier alpha value is -2.09. The molecule has 1 heterocycles. The fraction of sp³-hybridized carbons (Fsp3) is 0.533. The Labute approximate surface area is 139 Å². The minimum atomic E-state index is -0.909. The molecule has 0 aromatic carbocycles. The number of aliphatic carboxylic acids is 1. The third-order valence-corrected chi connectivity index (χ3v) is 4.16. The standard InChI is InChI=1S/C15H22N2O5S/c1-5-22-13(20)12-9(2)8-10(23-12)16-14(21)17-15(3,4)7-6-11(18)19/h8H,5-7H2,1-4H3,(H,18,19)(H2,16,17,21). The maximum Gasteiger partial charge on any atom is 0.348 e. The molecule has 1 aromatic rings. The van der Waals surface area contributed by atoms with E-state index in [2.05, 4.69) is 10.6 Å². The van der Waals surface area contributed by atoms with Gasteiger partial charge in [0.15, 0.2) is 0 Å². The Morgan fingerprint density at radius 3 is 2.57 bits per heavy atom. The lowest BCUT2D eigenvalue weighted by Gasteiger charge is -2.25. The van der Waals surface area contributed by atoms with E-state index in [1.807, 2.05) is 0 Å². The van der Waals surface area contributed by atoms with E-state index in [4.69, 9.17) is 9.84 Å². The molecule has 2 amide bonds. The molecular weight excluding hydrogens is 320 g/mol. The Morgan fingerprint density at radius 1 is 1.35 bits per heavy atom. The maximum atomic E-state index is 12.0. The third-order valence-electron chi connectivity index (χ3n) is 3.03. The van der Waals surface area contributed by atoms with Gasteiger partial charge in [0.1, 0.15) is 4.88 Å². The summed E-state index contributed by atoms with van der Waals surface area (Å²) in [5, 5.41) is 14.6. The highest BCUT2D eigenvalue weighted by Crippen LogP contribution is 2.27. The zero-order valence-corrected chi connectivity index (χ0v) is 14.5. The Balaban J connectivity index is 2.66. The largest absolute Gasteiger partial charge is 0.481 e. The van der Waals surface area contributed by atoms with Gasteiger partial charge in [-0.3, -0.25) is 10.1 Å². The Bertz CT molecular complexity index is 595. The fourth-order valence-corrected chi connectivity index (χ4v) is 2.84. The molecule has 0 fully saturated rings. The van der Waals surface area contributed by atoms with Crippen LogP contribution in [-0.2, 0) is 9.53 Å². The molecule has 0 aliphatic rings. The SMILES string of the molecule is CCOC(=O)c1sc(NC(=O)NC(C)(C)CCC(=O)O)cc1C. The first-order chi connectivity index (χ1) is 10.6. The molecule has 0 aliphatic carbocycles. The number of esters is 1. The van der Waals surface area contributed by atoms with Crippen LogP contribution in [0.15, 0.2) is 6.07 Å². The number of urea groups is 1. The number of hydrogen-bond acceptors (Lipinski definition) is 5. The van der Waals surface area contributed by atoms with Gasteiger partial charge >= 0.3 is 18.0 Å². The van der Waals surface area contributed by atoms with E-state index in [0.29, 0.717) is 16.3 Å². The normalized spacial score (nSPS) is 11.0. The van der Waals surface area contributed by atoms with E-state index in [0.717, 1.165) is 16.9 Å². The van der Waals surface area contributed by atoms with Gasteiger partial charge in [0.05, 0.1) is 11.6 Å². The monoisotopic (exact) mass is 342 g/mol. The number of nitrogens with one attached hydrogen (secondary N) is 2. The van der Waals surface area contributed by atoms with Crippen LogP contribution < -0.4 is 10.6 Å². The number of carbonyl (C=O) groups is 3. The van der Waals surface area contributed by atoms with Gasteiger partial charge < -0.3 is 15.2 Å². The van der Waals surface area contributed by atoms with Crippen LogP contribution in [0.2, 0.25) is 0 Å². The molecule has 0 aliphatic heterocycles. The summed E-state index contributed by atoms with van der Waals surface area (Å²) >= 11 is 1.14. The van der Waals surface area contributed by atoms with E-state index < -0.39 is 23.5 Å². The van der Waals surface area contributed by atoms with Crippen molar-refractivity contribution in [2.24, 2.45) is 0 Å². The van der Waals surface area contributed by atoms with Gasteiger partial charge in [-0.15, -0.1) is 11.3 Å². The smallest absolute Gasteiger partial charge is 0.348 e. The van der Waals surface area contributed by atoms with Gasteiger partial charge in [-0.1, -0.05) is 0 Å². The second kappa shape index (κ2) is 7.96. The first-order valence-corrected chi connectivity index (χ1v) is 8.05. The maximum absolute atomic E-state index is 12.0. The van der Waals surface area contributed by atoms with Crippen LogP contribution in [0.4, 0.5) is 9.80 Å². The van der Waals surface area contributed by atoms with Crippen molar-refractivity contribution in [2.75, 3.05) is 11.9 Å². The number of aryl methyl sites for hydroxylation is 1. The predicted molar refractivity (Wildman–Crippen MR) is 88.1 cm³/mol. The third kappa shape index (κ3) is 6.27. The molecule has 7 nitrogen and oxygen atoms in total. The number of thiophene rings is 1. The van der Waals surface area contributed by atoms with E-state index >= 15 is 0 Å². The number of carbonyl (C=O) groups excluding carboxylic acids is 2. The van der Waals surface area contributed by atoms with E-state index in [1.54, 1.807) is 33.8 Å². The highest BCUT2D eigenvalue weighted by Gasteiger charge is 2.22. The van der Waals surface area contributed by atoms with E-state index in [-0.39, 0.29) is 13.0 Å². The van der Waals surface area contributed by atoms with Gasteiger partial charge in [0.25, 0.3) is 0 Å². The molecule has 8 heteroatoms. The summed E-state index contributed by atoms with van der Waals surface area (Å²) in [6.45, 7) is 7.28. The predicted octanol–water partition coefficient (Wildman–Crippen LogP) is 3.00. The van der Waals surface area contributed by atoms with Crippen molar-refractivity contribution in [1.29, 1.82) is 0 Å². The molecule has 1 aromatic heterocycles. The average Bonchev–Trinajstić information content (AvgIpc) is 2.77. The van der Waals surface area contributed by atoms with Crippen molar-refractivity contribution >= 4 is 34.3 Å². The molecule has 23 heavy (non-hydrogen) atoms. The molecule has 3 N–H and O–H groups in total. The number of anilines is 1. The summed E-state index contributed by atoms with van der Waals surface area (Å²) in [4.78, 5) is 34.8. The first-order valence-electron chi connectivity index (χ1n) is 7.23. The molecule has 0 bridgehead atoms. The minimum Gasteiger partial charge on any atom is -0.481 e. The molecular formula is C15H22N2O5S. The van der Waals surface area contributed by atoms with E-state index in [1.165, 1.54) is 0 Å². The van der Waals surface area contributed by atoms with Gasteiger partial charge in [-0.05, 0) is 45.7 Å². The van der Waals surface area contributed by atoms with Crippen molar-refractivity contribution in [2.45, 2.75) is 46.1 Å². The molecule has 1 rings (SSSR count). The summed E-state index contributed by atoms with van der Waals surface area (Å²) < 4.78 is 4.95. The summed E-state index contributed by atoms with van der Waals surface area (Å²) in [5.74, 6) is -1.32. The number of amides is 2. The number of rotatable bonds is 7. The Kier molecular flexibility index (Phi) is 6.56. The van der Waals surface area contributed by atoms with Crippen molar-refractivity contribution in [3.8, 4) is 0 Å². The van der Waals surface area contributed by atoms with Crippen LogP contribution in [0.25, 0.3) is 0 Å². The van der Waals surface area contributed by atoms with Crippen LogP contribution in [-0.4, -0.2) is 35.2 Å². The summed E-state index contributed by atoms with van der Waals surface area (Å²) in [5.41, 5.74) is 0.0764. The highest BCUT2D eigenvalue weighted by molar-refractivity contribution is 7.18. The Morgan fingerprint density at radius 2 is 2.00 bits per heavy atom. The second-order valence-electron chi connectivity index (χ2n) is 5.70. The van der Waals surface area contributed by atoms with Gasteiger partial charge in [0.2, 0.25) is 0 Å². The summed E-state index contributed by atoms with van der Waals surface area (Å²) in [6, 6.07) is 1.25. The second-order valence-corrected chi connectivity index (χ2v) is 6.75. The molecule has 0 radical (unpaired) electrons. The lowest BCUT2D eigenvalue weighted by atomic mass is 9.99. The molecule has 0 unspecified atom stereocenters. The van der Waals surface area contributed by atoms with Gasteiger partial charge in [-0.2, -0.15) is 0 Å². The minimum absolute atomic E-state index is 0.0294. The van der Waals surface area contributed by atoms with Crippen LogP contribution >= 0.6 is 11.3 Å². The molecule has 0 saturated carbocycles. The van der Waals surface area contributed by atoms with Crippen molar-refractivity contribution in [3.05, 3.63) is 16.5 Å². The number of carboxylic acids is 1. The van der Waals surface area contributed by atoms with Crippen molar-refractivity contribution in [1.82, 2.24) is 5.32 Å². The molecule has 128 valence electrons. The molecule has 0 atom stereocenters. The van der Waals surface area contributed by atoms with Gasteiger partial charge in [-0.25, -0.2) is 9.59 Å². The fourth-order valence-electron chi connectivity index (χ4n) is 1.88. The average molecular weight is 342 g/mol. The number of ether oxygens (including phenoxy) is 1. The molecule has 0 spiro atoms. The lowest BCUT2D eigenvalue weighted by Crippen LogP contribution is -2.45.